The molecule has 0 saturated heterocycles. The third-order valence-corrected chi connectivity index (χ3v) is 6.21. The third-order valence-electron chi connectivity index (χ3n) is 6.21. The van der Waals surface area contributed by atoms with Gasteiger partial charge in [0.15, 0.2) is 0 Å². The quantitative estimate of drug-likeness (QED) is 0.149. The fourth-order valence-electron chi connectivity index (χ4n) is 4.33. The predicted octanol–water partition coefficient (Wildman–Crippen LogP) is 4.83. The molecule has 37 heavy (non-hydrogen) atoms. The lowest BCUT2D eigenvalue weighted by molar-refractivity contribution is -0.142. The molecule has 0 atom stereocenters. The van der Waals surface area contributed by atoms with Gasteiger partial charge in [0.05, 0.1) is 30.8 Å². The molecule has 3 rings (SSSR count). The van der Waals surface area contributed by atoms with E-state index in [0.29, 0.717) is 29.8 Å². The van der Waals surface area contributed by atoms with Crippen LogP contribution < -0.4 is 11.0 Å². The van der Waals surface area contributed by atoms with Crippen molar-refractivity contribution in [3.05, 3.63) is 87.1 Å². The Bertz CT molecular complexity index is 1300. The Morgan fingerprint density at radius 1 is 1.14 bits per heavy atom. The van der Waals surface area contributed by atoms with Gasteiger partial charge in [-0.15, -0.1) is 0 Å². The molecule has 8 heteroatoms. The molecule has 0 aliphatic heterocycles. The van der Waals surface area contributed by atoms with Crippen LogP contribution >= 0.6 is 0 Å². The lowest BCUT2D eigenvalue weighted by Gasteiger charge is -2.19. The monoisotopic (exact) mass is 504 g/mol. The molecular formula is C29H36N4O4. The van der Waals surface area contributed by atoms with Crippen LogP contribution in [0.25, 0.3) is 11.1 Å². The van der Waals surface area contributed by atoms with Crippen LogP contribution in [0.15, 0.2) is 53.3 Å². The number of ether oxygens (including phenoxy) is 1. The molecule has 0 spiro atoms. The summed E-state index contributed by atoms with van der Waals surface area (Å²) < 4.78 is 6.81. The number of benzene rings is 2. The van der Waals surface area contributed by atoms with Crippen molar-refractivity contribution >= 4 is 11.8 Å². The average Bonchev–Trinajstić information content (AvgIpc) is 2.90. The van der Waals surface area contributed by atoms with E-state index in [1.165, 1.54) is 0 Å². The maximum absolute atomic E-state index is 13.7. The van der Waals surface area contributed by atoms with E-state index in [4.69, 9.17) is 15.1 Å². The Morgan fingerprint density at radius 3 is 2.46 bits per heavy atom. The van der Waals surface area contributed by atoms with Gasteiger partial charge >= 0.3 is 5.97 Å². The van der Waals surface area contributed by atoms with Crippen LogP contribution in [-0.4, -0.2) is 33.2 Å². The topological polar surface area (TPSA) is 117 Å². The number of aromatic nitrogens is 2. The SMILES string of the molecule is CCCCc1nc(C(C)C)c(CC(=O)OCC)c(=O)n1Cc1ccc(-c2ccccc2C(=N)NO)cc1. The molecule has 3 aromatic rings. The molecule has 1 heterocycles. The lowest BCUT2D eigenvalue weighted by atomic mass is 9.98. The molecule has 8 nitrogen and oxygen atoms in total. The summed E-state index contributed by atoms with van der Waals surface area (Å²) in [7, 11) is 0. The van der Waals surface area contributed by atoms with Gasteiger partial charge in [-0.1, -0.05) is 75.7 Å². The van der Waals surface area contributed by atoms with E-state index >= 15 is 0 Å². The van der Waals surface area contributed by atoms with Crippen LogP contribution in [0.2, 0.25) is 0 Å². The summed E-state index contributed by atoms with van der Waals surface area (Å²) in [6, 6.07) is 15.1. The molecule has 0 fully saturated rings. The van der Waals surface area contributed by atoms with E-state index in [2.05, 4.69) is 6.92 Å². The molecule has 3 N–H and O–H groups in total. The third kappa shape index (κ3) is 6.71. The van der Waals surface area contributed by atoms with Gasteiger partial charge in [0, 0.05) is 12.0 Å². The standard InChI is InChI=1S/C29H36N4O4/c1-5-7-12-25-31-27(19(3)4)24(17-26(34)37-6-2)29(35)33(25)18-20-13-15-21(16-14-20)22-10-8-9-11-23(22)28(30)32-36/h8-11,13-16,19,36H,5-7,12,17-18H2,1-4H3,(H2,30,32). The number of nitrogens with one attached hydrogen (secondary N) is 2. The van der Waals surface area contributed by atoms with Crippen LogP contribution in [-0.2, 0) is 28.9 Å². The van der Waals surface area contributed by atoms with E-state index in [-0.39, 0.29) is 30.3 Å². The first-order valence-electron chi connectivity index (χ1n) is 12.8. The summed E-state index contributed by atoms with van der Waals surface area (Å²) in [5.74, 6) is 0.207. The average molecular weight is 505 g/mol. The number of aryl methyl sites for hydroxylation is 1. The number of carbonyl (C=O) groups is 1. The minimum atomic E-state index is -0.429. The summed E-state index contributed by atoms with van der Waals surface area (Å²) in [4.78, 5) is 30.9. The number of esters is 1. The molecule has 1 aromatic heterocycles. The van der Waals surface area contributed by atoms with Crippen molar-refractivity contribution in [2.24, 2.45) is 0 Å². The van der Waals surface area contributed by atoms with Crippen LogP contribution in [0.3, 0.4) is 0 Å². The molecule has 0 saturated carbocycles. The Labute approximate surface area is 217 Å². The second kappa shape index (κ2) is 13.0. The number of nitrogens with zero attached hydrogens (tertiary/aromatic N) is 2. The fraction of sp³-hybridized carbons (Fsp3) is 0.379. The van der Waals surface area contributed by atoms with Gasteiger partial charge in [0.2, 0.25) is 0 Å². The van der Waals surface area contributed by atoms with Crippen molar-refractivity contribution in [1.29, 1.82) is 5.41 Å². The maximum atomic E-state index is 13.7. The minimum Gasteiger partial charge on any atom is -0.466 e. The van der Waals surface area contributed by atoms with E-state index in [9.17, 15) is 14.8 Å². The number of unbranched alkanes of at least 4 members (excludes halogenated alkanes) is 1. The first-order valence-corrected chi connectivity index (χ1v) is 12.8. The lowest BCUT2D eigenvalue weighted by Crippen LogP contribution is -2.32. The number of hydrogen-bond acceptors (Lipinski definition) is 6. The summed E-state index contributed by atoms with van der Waals surface area (Å²) in [6.45, 7) is 8.39. The number of amidine groups is 1. The zero-order chi connectivity index (χ0) is 26.9. The fourth-order valence-corrected chi connectivity index (χ4v) is 4.33. The van der Waals surface area contributed by atoms with Crippen molar-refractivity contribution in [2.45, 2.75) is 65.8 Å². The van der Waals surface area contributed by atoms with Gasteiger partial charge < -0.3 is 4.74 Å². The zero-order valence-electron chi connectivity index (χ0n) is 22.0. The molecule has 0 aliphatic carbocycles. The van der Waals surface area contributed by atoms with E-state index in [1.807, 2.05) is 61.8 Å². The number of hydroxylamine groups is 1. The highest BCUT2D eigenvalue weighted by Gasteiger charge is 2.21. The minimum absolute atomic E-state index is 0.00125. The van der Waals surface area contributed by atoms with Gasteiger partial charge in [0.25, 0.3) is 5.56 Å². The van der Waals surface area contributed by atoms with E-state index in [1.54, 1.807) is 17.6 Å². The van der Waals surface area contributed by atoms with Gasteiger partial charge in [0.1, 0.15) is 11.7 Å². The highest BCUT2D eigenvalue weighted by molar-refractivity contribution is 6.01. The summed E-state index contributed by atoms with van der Waals surface area (Å²) in [5, 5.41) is 17.2. The Kier molecular flexibility index (Phi) is 9.74. The van der Waals surface area contributed by atoms with Crippen molar-refractivity contribution in [2.75, 3.05) is 6.61 Å². The first-order chi connectivity index (χ1) is 17.8. The Balaban J connectivity index is 2.02. The van der Waals surface area contributed by atoms with Crippen molar-refractivity contribution < 1.29 is 14.7 Å². The first kappa shape index (κ1) is 27.8. The largest absolute Gasteiger partial charge is 0.466 e. The number of hydrogen-bond donors (Lipinski definition) is 3. The highest BCUT2D eigenvalue weighted by Crippen LogP contribution is 2.25. The molecule has 0 bridgehead atoms. The second-order valence-electron chi connectivity index (χ2n) is 9.25. The second-order valence-corrected chi connectivity index (χ2v) is 9.25. The van der Waals surface area contributed by atoms with Gasteiger partial charge in [-0.25, -0.2) is 4.98 Å². The normalized spacial score (nSPS) is 11.0. The maximum Gasteiger partial charge on any atom is 0.310 e. The molecule has 196 valence electrons. The van der Waals surface area contributed by atoms with Gasteiger partial charge in [-0.2, -0.15) is 0 Å². The van der Waals surface area contributed by atoms with Crippen LogP contribution in [0, 0.1) is 5.41 Å². The highest BCUT2D eigenvalue weighted by atomic mass is 16.5. The molecule has 2 aromatic carbocycles. The molecule has 0 unspecified atom stereocenters. The number of rotatable bonds is 11. The number of carbonyl (C=O) groups excluding carboxylic acids is 1. The molecular weight excluding hydrogens is 468 g/mol. The van der Waals surface area contributed by atoms with Gasteiger partial charge in [-0.3, -0.25) is 30.3 Å². The Morgan fingerprint density at radius 2 is 1.84 bits per heavy atom. The zero-order valence-corrected chi connectivity index (χ0v) is 22.0. The van der Waals surface area contributed by atoms with Crippen molar-refractivity contribution in [3.63, 3.8) is 0 Å². The summed E-state index contributed by atoms with van der Waals surface area (Å²) >= 11 is 0. The van der Waals surface area contributed by atoms with Crippen molar-refractivity contribution in [1.82, 2.24) is 15.0 Å². The van der Waals surface area contributed by atoms with Crippen LogP contribution in [0.4, 0.5) is 0 Å². The smallest absolute Gasteiger partial charge is 0.310 e. The molecule has 0 amide bonds. The molecule has 0 aliphatic rings. The van der Waals surface area contributed by atoms with E-state index < -0.39 is 5.97 Å². The summed E-state index contributed by atoms with van der Waals surface area (Å²) in [6.07, 6.45) is 2.46. The van der Waals surface area contributed by atoms with Crippen LogP contribution in [0.1, 0.15) is 74.7 Å². The van der Waals surface area contributed by atoms with Crippen molar-refractivity contribution in [3.8, 4) is 11.1 Å². The van der Waals surface area contributed by atoms with Gasteiger partial charge in [-0.05, 0) is 36.0 Å². The predicted molar refractivity (Wildman–Crippen MR) is 144 cm³/mol. The summed E-state index contributed by atoms with van der Waals surface area (Å²) in [5.41, 5.74) is 5.95. The Hall–Kier alpha value is -3.78. The molecule has 0 radical (unpaired) electrons. The van der Waals surface area contributed by atoms with Crippen LogP contribution in [0.5, 0.6) is 0 Å². The van der Waals surface area contributed by atoms with E-state index in [0.717, 1.165) is 35.4 Å².